The summed E-state index contributed by atoms with van der Waals surface area (Å²) in [5, 5.41) is 9.97. The molecule has 3 aromatic rings. The van der Waals surface area contributed by atoms with E-state index in [1.165, 1.54) is 6.07 Å². The van der Waals surface area contributed by atoms with Crippen LogP contribution in [-0.4, -0.2) is 16.0 Å². The minimum absolute atomic E-state index is 0.352. The molecule has 4 nitrogen and oxygen atoms in total. The molecule has 0 N–H and O–H groups in total. The van der Waals surface area contributed by atoms with Gasteiger partial charge in [0.15, 0.2) is 8.68 Å². The van der Waals surface area contributed by atoms with Gasteiger partial charge in [-0.25, -0.2) is 4.79 Å². The van der Waals surface area contributed by atoms with Crippen LogP contribution < -0.4 is 5.63 Å². The number of thioether (sulfide) groups is 2. The van der Waals surface area contributed by atoms with Gasteiger partial charge in [0.25, 0.3) is 0 Å². The number of nitrogens with zero attached hydrogens (tertiary/aromatic N) is 2. The number of rotatable bonds is 6. The summed E-state index contributed by atoms with van der Waals surface area (Å²) in [6.45, 7) is 6.26. The molecule has 0 spiro atoms. The Kier molecular flexibility index (Phi) is 6.09. The van der Waals surface area contributed by atoms with Crippen LogP contribution in [0.3, 0.4) is 0 Å². The number of aryl methyl sites for hydroxylation is 1. The van der Waals surface area contributed by atoms with E-state index in [-0.39, 0.29) is 5.63 Å². The highest BCUT2D eigenvalue weighted by atomic mass is 35.5. The predicted molar refractivity (Wildman–Crippen MR) is 107 cm³/mol. The first-order valence-electron chi connectivity index (χ1n) is 7.74. The van der Waals surface area contributed by atoms with E-state index in [0.29, 0.717) is 22.3 Å². The van der Waals surface area contributed by atoms with Gasteiger partial charge in [0.1, 0.15) is 5.58 Å². The van der Waals surface area contributed by atoms with E-state index >= 15 is 0 Å². The molecule has 0 amide bonds. The second-order valence-corrected chi connectivity index (χ2v) is 9.89. The average Bonchev–Trinajstić information content (AvgIpc) is 3.00. The number of halogens is 1. The zero-order chi connectivity index (χ0) is 18.0. The summed E-state index contributed by atoms with van der Waals surface area (Å²) < 4.78 is 7.17. The molecule has 0 radical (unpaired) electrons. The van der Waals surface area contributed by atoms with Gasteiger partial charge < -0.3 is 4.42 Å². The van der Waals surface area contributed by atoms with Crippen molar-refractivity contribution in [3.63, 3.8) is 0 Å². The Hall–Kier alpha value is -1.02. The second-order valence-electron chi connectivity index (χ2n) is 6.02. The van der Waals surface area contributed by atoms with Crippen LogP contribution in [0.15, 0.2) is 36.1 Å². The van der Waals surface area contributed by atoms with Gasteiger partial charge in [0.05, 0.1) is 0 Å². The third-order valence-corrected chi connectivity index (χ3v) is 7.46. The Morgan fingerprint density at radius 2 is 1.92 bits per heavy atom. The number of benzene rings is 1. The molecule has 0 bridgehead atoms. The Bertz CT molecular complexity index is 953. The average molecular weight is 413 g/mol. The van der Waals surface area contributed by atoms with E-state index in [2.05, 4.69) is 24.0 Å². The summed E-state index contributed by atoms with van der Waals surface area (Å²) in [5.74, 6) is 2.26. The fraction of sp³-hybridized carbons (Fsp3) is 0.353. The first kappa shape index (κ1) is 18.8. The van der Waals surface area contributed by atoms with Crippen LogP contribution in [-0.2, 0) is 5.75 Å². The van der Waals surface area contributed by atoms with Crippen molar-refractivity contribution in [2.75, 3.05) is 5.75 Å². The number of hydrogen-bond acceptors (Lipinski definition) is 7. The van der Waals surface area contributed by atoms with Crippen molar-refractivity contribution >= 4 is 57.4 Å². The lowest BCUT2D eigenvalue weighted by molar-refractivity contribution is 0.559. The highest BCUT2D eigenvalue weighted by Crippen LogP contribution is 2.33. The Labute approximate surface area is 163 Å². The molecule has 0 unspecified atom stereocenters. The van der Waals surface area contributed by atoms with Crippen molar-refractivity contribution in [2.45, 2.75) is 35.2 Å². The molecule has 0 saturated carbocycles. The lowest BCUT2D eigenvalue weighted by Crippen LogP contribution is -2.00. The molecular formula is C17H17ClN2O2S3. The molecule has 1 aromatic carbocycles. The minimum atomic E-state index is -0.352. The van der Waals surface area contributed by atoms with Crippen LogP contribution in [0, 0.1) is 12.8 Å². The van der Waals surface area contributed by atoms with Crippen LogP contribution in [0.25, 0.3) is 11.0 Å². The van der Waals surface area contributed by atoms with E-state index in [4.69, 9.17) is 16.0 Å². The van der Waals surface area contributed by atoms with Crippen LogP contribution in [0.2, 0.25) is 5.02 Å². The highest BCUT2D eigenvalue weighted by Gasteiger charge is 2.11. The number of hydrogen-bond donors (Lipinski definition) is 0. The number of fused-ring (bicyclic) bond motifs is 1. The summed E-state index contributed by atoms with van der Waals surface area (Å²) >= 11 is 11.1. The molecule has 0 saturated heterocycles. The Morgan fingerprint density at radius 1 is 1.20 bits per heavy atom. The SMILES string of the molecule is Cc1cc2oc(=O)cc(CSc3nnc(SCC(C)C)s3)c2cc1Cl. The standard InChI is InChI=1S/C17H17ClN2O2S3/c1-9(2)7-23-16-19-20-17(25-16)24-8-11-5-15(21)22-14-4-10(3)13(18)6-12(11)14/h4-6,9H,7-8H2,1-3H3. The monoisotopic (exact) mass is 412 g/mol. The normalized spacial score (nSPS) is 11.6. The summed E-state index contributed by atoms with van der Waals surface area (Å²) in [6, 6.07) is 5.18. The zero-order valence-corrected chi connectivity index (χ0v) is 17.2. The molecule has 0 aliphatic carbocycles. The summed E-state index contributed by atoms with van der Waals surface area (Å²) in [5.41, 5.74) is 1.99. The molecule has 0 aliphatic rings. The fourth-order valence-corrected chi connectivity index (χ4v) is 5.31. The highest BCUT2D eigenvalue weighted by molar-refractivity contribution is 8.02. The van der Waals surface area contributed by atoms with Gasteiger partial charge in [-0.15, -0.1) is 10.2 Å². The van der Waals surface area contributed by atoms with Crippen LogP contribution in [0.4, 0.5) is 0 Å². The summed E-state index contributed by atoms with van der Waals surface area (Å²) in [4.78, 5) is 11.8. The zero-order valence-electron chi connectivity index (χ0n) is 14.0. The Balaban J connectivity index is 1.79. The quantitative estimate of drug-likeness (QED) is 0.385. The lowest BCUT2D eigenvalue weighted by atomic mass is 10.1. The molecule has 0 atom stereocenters. The lowest BCUT2D eigenvalue weighted by Gasteiger charge is -2.06. The topological polar surface area (TPSA) is 56.0 Å². The maximum Gasteiger partial charge on any atom is 0.336 e. The fourth-order valence-electron chi connectivity index (χ4n) is 2.16. The first-order chi connectivity index (χ1) is 11.9. The third-order valence-electron chi connectivity index (χ3n) is 3.39. The van der Waals surface area contributed by atoms with Crippen molar-refractivity contribution in [1.29, 1.82) is 0 Å². The largest absolute Gasteiger partial charge is 0.423 e. The molecular weight excluding hydrogens is 396 g/mol. The van der Waals surface area contributed by atoms with Gasteiger partial charge >= 0.3 is 5.63 Å². The molecule has 132 valence electrons. The van der Waals surface area contributed by atoms with Crippen molar-refractivity contribution in [1.82, 2.24) is 10.2 Å². The van der Waals surface area contributed by atoms with Crippen molar-refractivity contribution in [2.24, 2.45) is 5.92 Å². The van der Waals surface area contributed by atoms with E-state index < -0.39 is 0 Å². The maximum absolute atomic E-state index is 11.8. The summed E-state index contributed by atoms with van der Waals surface area (Å²) in [6.07, 6.45) is 0. The molecule has 0 fully saturated rings. The van der Waals surface area contributed by atoms with Crippen LogP contribution in [0.5, 0.6) is 0 Å². The minimum Gasteiger partial charge on any atom is -0.423 e. The molecule has 2 aromatic heterocycles. The van der Waals surface area contributed by atoms with Gasteiger partial charge in [-0.3, -0.25) is 0 Å². The molecule has 25 heavy (non-hydrogen) atoms. The number of aromatic nitrogens is 2. The van der Waals surface area contributed by atoms with E-state index in [0.717, 1.165) is 30.9 Å². The maximum atomic E-state index is 11.8. The third kappa shape index (κ3) is 4.78. The van der Waals surface area contributed by atoms with Crippen molar-refractivity contribution in [3.8, 4) is 0 Å². The van der Waals surface area contributed by atoms with Crippen molar-refractivity contribution in [3.05, 3.63) is 44.8 Å². The molecule has 8 heteroatoms. The summed E-state index contributed by atoms with van der Waals surface area (Å²) in [7, 11) is 0. The van der Waals surface area contributed by atoms with Crippen molar-refractivity contribution < 1.29 is 4.42 Å². The van der Waals surface area contributed by atoms with Gasteiger partial charge in [-0.2, -0.15) is 0 Å². The van der Waals surface area contributed by atoms with Gasteiger partial charge in [-0.05, 0) is 36.1 Å². The predicted octanol–water partition coefficient (Wildman–Crippen LogP) is 5.65. The van der Waals surface area contributed by atoms with Crippen LogP contribution >= 0.6 is 46.5 Å². The van der Waals surface area contributed by atoms with Gasteiger partial charge in [-0.1, -0.05) is 60.3 Å². The van der Waals surface area contributed by atoms with Gasteiger partial charge in [0.2, 0.25) is 0 Å². The van der Waals surface area contributed by atoms with Gasteiger partial charge in [0, 0.05) is 28.0 Å². The molecule has 0 aliphatic heterocycles. The molecule has 3 rings (SSSR count). The van der Waals surface area contributed by atoms with E-state index in [1.807, 2.05) is 13.0 Å². The second kappa shape index (κ2) is 8.12. The van der Waals surface area contributed by atoms with Crippen LogP contribution in [0.1, 0.15) is 25.0 Å². The van der Waals surface area contributed by atoms with E-state index in [9.17, 15) is 4.79 Å². The molecule has 2 heterocycles. The smallest absolute Gasteiger partial charge is 0.336 e. The Morgan fingerprint density at radius 3 is 2.64 bits per heavy atom. The first-order valence-corrected chi connectivity index (χ1v) is 10.9. The van der Waals surface area contributed by atoms with E-state index in [1.54, 1.807) is 40.9 Å².